The number of rotatable bonds is 5. The summed E-state index contributed by atoms with van der Waals surface area (Å²) in [6.07, 6.45) is 6.01. The van der Waals surface area contributed by atoms with Gasteiger partial charge in [-0.2, -0.15) is 0 Å². The minimum absolute atomic E-state index is 0.130. The number of carbonyl (C=O) groups excluding carboxylic acids is 2. The molecule has 0 unspecified atom stereocenters. The lowest BCUT2D eigenvalue weighted by Gasteiger charge is -2.34. The van der Waals surface area contributed by atoms with E-state index < -0.39 is 0 Å². The van der Waals surface area contributed by atoms with E-state index in [9.17, 15) is 9.59 Å². The van der Waals surface area contributed by atoms with Crippen LogP contribution in [-0.2, 0) is 16.0 Å². The summed E-state index contributed by atoms with van der Waals surface area (Å²) < 4.78 is 0. The molecular weight excluding hydrogens is 300 g/mol. The second-order valence-corrected chi connectivity index (χ2v) is 7.23. The Bertz CT molecular complexity index is 599. The predicted molar refractivity (Wildman–Crippen MR) is 94.6 cm³/mol. The third-order valence-electron chi connectivity index (χ3n) is 5.45. The molecule has 0 radical (unpaired) electrons. The Morgan fingerprint density at radius 1 is 1.21 bits per heavy atom. The molecule has 2 amide bonds. The van der Waals surface area contributed by atoms with Crippen molar-refractivity contribution in [1.29, 1.82) is 0 Å². The molecule has 0 aliphatic carbocycles. The first-order valence-electron chi connectivity index (χ1n) is 9.23. The molecule has 1 aromatic carbocycles. The Hall–Kier alpha value is -1.84. The lowest BCUT2D eigenvalue weighted by atomic mass is 9.90. The Kier molecular flexibility index (Phi) is 5.54. The topological polar surface area (TPSA) is 40.6 Å². The summed E-state index contributed by atoms with van der Waals surface area (Å²) >= 11 is 0. The Balaban J connectivity index is 1.49. The SMILES string of the molecule is Cc1ccccc1CC[C@H]1CCCN(C(=O)CN2CCCC2=O)C1. The summed E-state index contributed by atoms with van der Waals surface area (Å²) in [4.78, 5) is 27.9. The lowest BCUT2D eigenvalue weighted by Crippen LogP contribution is -2.45. The quantitative estimate of drug-likeness (QED) is 0.834. The fourth-order valence-electron chi connectivity index (χ4n) is 3.91. The predicted octanol–water partition coefficient (Wildman–Crippen LogP) is 2.79. The molecule has 4 nitrogen and oxygen atoms in total. The van der Waals surface area contributed by atoms with Gasteiger partial charge in [0, 0.05) is 26.1 Å². The largest absolute Gasteiger partial charge is 0.341 e. The van der Waals surface area contributed by atoms with Crippen molar-refractivity contribution >= 4 is 11.8 Å². The van der Waals surface area contributed by atoms with Crippen molar-refractivity contribution in [3.63, 3.8) is 0 Å². The van der Waals surface area contributed by atoms with Gasteiger partial charge in [0.2, 0.25) is 11.8 Å². The average Bonchev–Trinajstić information content (AvgIpc) is 2.99. The highest BCUT2D eigenvalue weighted by atomic mass is 16.2. The van der Waals surface area contributed by atoms with Crippen molar-refractivity contribution in [3.8, 4) is 0 Å². The molecule has 2 saturated heterocycles. The number of aryl methyl sites for hydroxylation is 2. The minimum Gasteiger partial charge on any atom is -0.341 e. The fourth-order valence-corrected chi connectivity index (χ4v) is 3.91. The highest BCUT2D eigenvalue weighted by molar-refractivity contribution is 5.85. The molecule has 3 rings (SSSR count). The van der Waals surface area contributed by atoms with Crippen molar-refractivity contribution in [2.24, 2.45) is 5.92 Å². The normalized spacial score (nSPS) is 21.4. The molecule has 1 aromatic rings. The summed E-state index contributed by atoms with van der Waals surface area (Å²) in [5.41, 5.74) is 2.78. The van der Waals surface area contributed by atoms with Gasteiger partial charge >= 0.3 is 0 Å². The van der Waals surface area contributed by atoms with Gasteiger partial charge in [-0.15, -0.1) is 0 Å². The molecule has 4 heteroatoms. The van der Waals surface area contributed by atoms with Crippen molar-refractivity contribution in [2.75, 3.05) is 26.2 Å². The van der Waals surface area contributed by atoms with Crippen LogP contribution in [0.2, 0.25) is 0 Å². The van der Waals surface area contributed by atoms with Crippen LogP contribution >= 0.6 is 0 Å². The van der Waals surface area contributed by atoms with Crippen LogP contribution in [0.1, 0.15) is 43.2 Å². The van der Waals surface area contributed by atoms with Gasteiger partial charge in [0.1, 0.15) is 0 Å². The Labute approximate surface area is 144 Å². The van der Waals surface area contributed by atoms with E-state index in [0.717, 1.165) is 45.3 Å². The molecule has 2 fully saturated rings. The number of nitrogens with zero attached hydrogens (tertiary/aromatic N) is 2. The fraction of sp³-hybridized carbons (Fsp3) is 0.600. The van der Waals surface area contributed by atoms with Crippen LogP contribution in [0.4, 0.5) is 0 Å². The smallest absolute Gasteiger partial charge is 0.242 e. The molecule has 0 aromatic heterocycles. The summed E-state index contributed by atoms with van der Waals surface area (Å²) in [6.45, 7) is 4.89. The Morgan fingerprint density at radius 3 is 2.79 bits per heavy atom. The molecule has 2 aliphatic rings. The maximum Gasteiger partial charge on any atom is 0.242 e. The van der Waals surface area contributed by atoms with E-state index in [1.807, 2.05) is 4.90 Å². The average molecular weight is 328 g/mol. The third-order valence-corrected chi connectivity index (χ3v) is 5.45. The van der Waals surface area contributed by atoms with E-state index in [1.165, 1.54) is 17.5 Å². The van der Waals surface area contributed by atoms with Crippen LogP contribution in [0.3, 0.4) is 0 Å². The highest BCUT2D eigenvalue weighted by Crippen LogP contribution is 2.23. The van der Waals surface area contributed by atoms with Crippen LogP contribution in [0.5, 0.6) is 0 Å². The van der Waals surface area contributed by atoms with E-state index in [2.05, 4.69) is 31.2 Å². The van der Waals surface area contributed by atoms with Gasteiger partial charge in [0.05, 0.1) is 6.54 Å². The van der Waals surface area contributed by atoms with Gasteiger partial charge in [-0.3, -0.25) is 9.59 Å². The van der Waals surface area contributed by atoms with E-state index in [-0.39, 0.29) is 18.4 Å². The molecule has 2 heterocycles. The minimum atomic E-state index is 0.130. The van der Waals surface area contributed by atoms with Crippen molar-refractivity contribution < 1.29 is 9.59 Å². The van der Waals surface area contributed by atoms with Crippen LogP contribution in [0.25, 0.3) is 0 Å². The van der Waals surface area contributed by atoms with E-state index in [0.29, 0.717) is 12.3 Å². The molecule has 0 spiro atoms. The van der Waals surface area contributed by atoms with E-state index in [4.69, 9.17) is 0 Å². The number of benzene rings is 1. The number of piperidine rings is 1. The maximum atomic E-state index is 12.5. The number of hydrogen-bond donors (Lipinski definition) is 0. The summed E-state index contributed by atoms with van der Waals surface area (Å²) in [5, 5.41) is 0. The second-order valence-electron chi connectivity index (χ2n) is 7.23. The standard InChI is InChI=1S/C20H28N2O2/c1-16-6-2-3-8-18(16)11-10-17-7-4-12-21(14-17)20(24)15-22-13-5-9-19(22)23/h2-3,6,8,17H,4-5,7,9-15H2,1H3/t17-/m1/s1. The lowest BCUT2D eigenvalue weighted by molar-refractivity contribution is -0.139. The molecule has 0 bridgehead atoms. The van der Waals surface area contributed by atoms with Crippen LogP contribution in [-0.4, -0.2) is 47.8 Å². The first-order chi connectivity index (χ1) is 11.6. The summed E-state index contributed by atoms with van der Waals surface area (Å²) in [5.74, 6) is 0.846. The van der Waals surface area contributed by atoms with Crippen molar-refractivity contribution in [2.45, 2.75) is 45.4 Å². The van der Waals surface area contributed by atoms with Gasteiger partial charge in [0.25, 0.3) is 0 Å². The van der Waals surface area contributed by atoms with Crippen LogP contribution < -0.4 is 0 Å². The van der Waals surface area contributed by atoms with Gasteiger partial charge in [-0.25, -0.2) is 0 Å². The number of likely N-dealkylation sites (tertiary alicyclic amines) is 2. The molecule has 2 aliphatic heterocycles. The summed E-state index contributed by atoms with van der Waals surface area (Å²) in [6, 6.07) is 8.56. The zero-order valence-electron chi connectivity index (χ0n) is 14.7. The molecule has 24 heavy (non-hydrogen) atoms. The number of hydrogen-bond acceptors (Lipinski definition) is 2. The zero-order chi connectivity index (χ0) is 16.9. The first kappa shape index (κ1) is 17.0. The maximum absolute atomic E-state index is 12.5. The van der Waals surface area contributed by atoms with Crippen LogP contribution in [0, 0.1) is 12.8 Å². The zero-order valence-corrected chi connectivity index (χ0v) is 14.7. The molecular formula is C20H28N2O2. The van der Waals surface area contributed by atoms with Gasteiger partial charge in [-0.1, -0.05) is 24.3 Å². The van der Waals surface area contributed by atoms with Crippen LogP contribution in [0.15, 0.2) is 24.3 Å². The van der Waals surface area contributed by atoms with Gasteiger partial charge < -0.3 is 9.80 Å². The van der Waals surface area contributed by atoms with Crippen molar-refractivity contribution in [3.05, 3.63) is 35.4 Å². The molecule has 0 saturated carbocycles. The summed E-state index contributed by atoms with van der Waals surface area (Å²) in [7, 11) is 0. The molecule has 130 valence electrons. The monoisotopic (exact) mass is 328 g/mol. The van der Waals surface area contributed by atoms with E-state index in [1.54, 1.807) is 4.90 Å². The highest BCUT2D eigenvalue weighted by Gasteiger charge is 2.28. The van der Waals surface area contributed by atoms with Gasteiger partial charge in [-0.05, 0) is 56.1 Å². The first-order valence-corrected chi connectivity index (χ1v) is 9.23. The van der Waals surface area contributed by atoms with Crippen molar-refractivity contribution in [1.82, 2.24) is 9.80 Å². The third kappa shape index (κ3) is 4.16. The Morgan fingerprint density at radius 2 is 2.04 bits per heavy atom. The number of carbonyl (C=O) groups is 2. The molecule has 1 atom stereocenters. The second kappa shape index (κ2) is 7.82. The molecule has 0 N–H and O–H groups in total. The van der Waals surface area contributed by atoms with E-state index >= 15 is 0 Å². The number of amides is 2. The van der Waals surface area contributed by atoms with Gasteiger partial charge in [0.15, 0.2) is 0 Å².